The summed E-state index contributed by atoms with van der Waals surface area (Å²) in [6, 6.07) is 17.5. The maximum atomic E-state index is 12.1. The van der Waals surface area contributed by atoms with E-state index in [4.69, 9.17) is 0 Å². The summed E-state index contributed by atoms with van der Waals surface area (Å²) in [4.78, 5) is 12.1. The fourth-order valence-corrected chi connectivity index (χ4v) is 3.51. The highest BCUT2D eigenvalue weighted by Crippen LogP contribution is 2.31. The lowest BCUT2D eigenvalue weighted by Gasteiger charge is -2.11. The van der Waals surface area contributed by atoms with Crippen molar-refractivity contribution in [3.63, 3.8) is 0 Å². The van der Waals surface area contributed by atoms with Gasteiger partial charge in [-0.25, -0.2) is 4.79 Å². The van der Waals surface area contributed by atoms with Crippen LogP contribution in [0.25, 0.3) is 0 Å². The molecule has 2 amide bonds. The third-order valence-electron chi connectivity index (χ3n) is 3.88. The van der Waals surface area contributed by atoms with Crippen LogP contribution in [0, 0.1) is 6.92 Å². The maximum absolute atomic E-state index is 12.1. The molecule has 5 nitrogen and oxygen atoms in total. The van der Waals surface area contributed by atoms with Gasteiger partial charge in [-0.1, -0.05) is 66.3 Å². The van der Waals surface area contributed by atoms with E-state index in [1.54, 1.807) is 0 Å². The van der Waals surface area contributed by atoms with E-state index in [2.05, 4.69) is 39.9 Å². The molecular formula is C19H20N4OS. The molecule has 0 bridgehead atoms. The SMILES string of the molecule is CC[C@H](c1ccccc1)c1nnc(NC(=O)Nc2ccc(C)cc2)s1. The molecule has 0 fully saturated rings. The molecule has 0 aliphatic carbocycles. The number of nitrogens with zero attached hydrogens (tertiary/aromatic N) is 2. The van der Waals surface area contributed by atoms with E-state index in [0.29, 0.717) is 5.13 Å². The highest BCUT2D eigenvalue weighted by atomic mass is 32.1. The standard InChI is InChI=1S/C19H20N4OS/c1-3-16(14-7-5-4-6-8-14)17-22-23-19(25-17)21-18(24)20-15-11-9-13(2)10-12-15/h4-12,16H,3H2,1-2H3,(H2,20,21,23,24)/t16-/m1/s1. The number of urea groups is 1. The first-order valence-electron chi connectivity index (χ1n) is 8.18. The lowest BCUT2D eigenvalue weighted by molar-refractivity contribution is 0.262. The van der Waals surface area contributed by atoms with Crippen molar-refractivity contribution in [1.29, 1.82) is 0 Å². The molecule has 3 aromatic rings. The third kappa shape index (κ3) is 4.42. The van der Waals surface area contributed by atoms with Crippen LogP contribution in [0.1, 0.15) is 35.4 Å². The lowest BCUT2D eigenvalue weighted by atomic mass is 9.97. The molecule has 0 unspecified atom stereocenters. The highest BCUT2D eigenvalue weighted by Gasteiger charge is 2.18. The van der Waals surface area contributed by atoms with Gasteiger partial charge < -0.3 is 5.32 Å². The van der Waals surface area contributed by atoms with E-state index < -0.39 is 0 Å². The number of anilines is 2. The summed E-state index contributed by atoms with van der Waals surface area (Å²) in [6.45, 7) is 4.12. The Bertz CT molecular complexity index is 830. The van der Waals surface area contributed by atoms with Gasteiger partial charge in [-0.05, 0) is 31.0 Å². The van der Waals surface area contributed by atoms with Crippen molar-refractivity contribution in [3.8, 4) is 0 Å². The van der Waals surface area contributed by atoms with Crippen molar-refractivity contribution >= 4 is 28.2 Å². The van der Waals surface area contributed by atoms with E-state index in [9.17, 15) is 4.79 Å². The summed E-state index contributed by atoms with van der Waals surface area (Å²) < 4.78 is 0. The van der Waals surface area contributed by atoms with Crippen LogP contribution < -0.4 is 10.6 Å². The molecule has 0 spiro atoms. The van der Waals surface area contributed by atoms with E-state index in [1.165, 1.54) is 16.9 Å². The average Bonchev–Trinajstić information content (AvgIpc) is 3.06. The van der Waals surface area contributed by atoms with Crippen LogP contribution in [0.4, 0.5) is 15.6 Å². The minimum absolute atomic E-state index is 0.189. The predicted molar refractivity (Wildman–Crippen MR) is 102 cm³/mol. The molecule has 2 N–H and O–H groups in total. The van der Waals surface area contributed by atoms with Crippen LogP contribution in [-0.4, -0.2) is 16.2 Å². The number of aromatic nitrogens is 2. The quantitative estimate of drug-likeness (QED) is 0.676. The molecule has 0 aliphatic rings. The van der Waals surface area contributed by atoms with Gasteiger partial charge >= 0.3 is 6.03 Å². The van der Waals surface area contributed by atoms with Crippen LogP contribution in [0.3, 0.4) is 0 Å². The first-order chi connectivity index (χ1) is 12.2. The molecule has 128 valence electrons. The summed E-state index contributed by atoms with van der Waals surface area (Å²) in [5.74, 6) is 0.189. The van der Waals surface area contributed by atoms with Crippen LogP contribution in [0.2, 0.25) is 0 Å². The predicted octanol–water partition coefficient (Wildman–Crippen LogP) is 5.03. The summed E-state index contributed by atoms with van der Waals surface area (Å²) in [5.41, 5.74) is 3.09. The van der Waals surface area contributed by atoms with Crippen molar-refractivity contribution < 1.29 is 4.79 Å². The Labute approximate surface area is 151 Å². The monoisotopic (exact) mass is 352 g/mol. The fourth-order valence-electron chi connectivity index (χ4n) is 2.56. The second-order valence-electron chi connectivity index (χ2n) is 5.76. The number of carbonyl (C=O) groups is 1. The molecule has 2 aromatic carbocycles. The molecule has 6 heteroatoms. The Kier molecular flexibility index (Phi) is 5.40. The number of amides is 2. The van der Waals surface area contributed by atoms with Gasteiger partial charge in [0.2, 0.25) is 5.13 Å². The van der Waals surface area contributed by atoms with Crippen molar-refractivity contribution in [2.24, 2.45) is 0 Å². The first-order valence-corrected chi connectivity index (χ1v) is 9.00. The summed E-state index contributed by atoms with van der Waals surface area (Å²) >= 11 is 1.41. The van der Waals surface area contributed by atoms with Crippen LogP contribution in [0.5, 0.6) is 0 Å². The van der Waals surface area contributed by atoms with E-state index in [1.807, 2.05) is 49.4 Å². The summed E-state index contributed by atoms with van der Waals surface area (Å²) in [7, 11) is 0. The Morgan fingerprint density at radius 3 is 2.44 bits per heavy atom. The molecule has 0 radical (unpaired) electrons. The third-order valence-corrected chi connectivity index (χ3v) is 4.83. The fraction of sp³-hybridized carbons (Fsp3) is 0.211. The lowest BCUT2D eigenvalue weighted by Crippen LogP contribution is -2.19. The Hall–Kier alpha value is -2.73. The van der Waals surface area contributed by atoms with Gasteiger partial charge in [0.05, 0.1) is 0 Å². The maximum Gasteiger partial charge on any atom is 0.325 e. The van der Waals surface area contributed by atoms with Gasteiger partial charge in [0.15, 0.2) is 0 Å². The number of carbonyl (C=O) groups excluding carboxylic acids is 1. The number of rotatable bonds is 5. The van der Waals surface area contributed by atoms with Crippen molar-refractivity contribution in [2.45, 2.75) is 26.2 Å². The Morgan fingerprint density at radius 1 is 1.04 bits per heavy atom. The van der Waals surface area contributed by atoms with Gasteiger partial charge in [0.25, 0.3) is 0 Å². The van der Waals surface area contributed by atoms with Gasteiger partial charge in [-0.2, -0.15) is 0 Å². The minimum atomic E-state index is -0.320. The summed E-state index contributed by atoms with van der Waals surface area (Å²) in [5, 5.41) is 15.3. The molecule has 1 atom stereocenters. The second kappa shape index (κ2) is 7.90. The molecular weight excluding hydrogens is 332 g/mol. The largest absolute Gasteiger partial charge is 0.325 e. The second-order valence-corrected chi connectivity index (χ2v) is 6.77. The molecule has 0 saturated heterocycles. The van der Waals surface area contributed by atoms with E-state index in [0.717, 1.165) is 22.7 Å². The zero-order valence-corrected chi connectivity index (χ0v) is 15.0. The number of aryl methyl sites for hydroxylation is 1. The number of hydrogen-bond donors (Lipinski definition) is 2. The number of benzene rings is 2. The zero-order chi connectivity index (χ0) is 17.6. The zero-order valence-electron chi connectivity index (χ0n) is 14.2. The van der Waals surface area contributed by atoms with Crippen molar-refractivity contribution in [3.05, 3.63) is 70.7 Å². The van der Waals surface area contributed by atoms with Crippen LogP contribution in [-0.2, 0) is 0 Å². The molecule has 0 aliphatic heterocycles. The number of nitrogens with one attached hydrogen (secondary N) is 2. The molecule has 1 heterocycles. The number of hydrogen-bond acceptors (Lipinski definition) is 4. The normalized spacial score (nSPS) is 11.8. The average molecular weight is 352 g/mol. The van der Waals surface area contributed by atoms with Gasteiger partial charge in [-0.3, -0.25) is 5.32 Å². The first kappa shape index (κ1) is 17.1. The van der Waals surface area contributed by atoms with Crippen LogP contribution in [0.15, 0.2) is 54.6 Å². The summed E-state index contributed by atoms with van der Waals surface area (Å²) in [6.07, 6.45) is 0.925. The molecule has 1 aromatic heterocycles. The van der Waals surface area contributed by atoms with Crippen molar-refractivity contribution in [1.82, 2.24) is 10.2 Å². The van der Waals surface area contributed by atoms with Crippen molar-refractivity contribution in [2.75, 3.05) is 10.6 Å². The highest BCUT2D eigenvalue weighted by molar-refractivity contribution is 7.15. The topological polar surface area (TPSA) is 66.9 Å². The molecule has 25 heavy (non-hydrogen) atoms. The smallest absolute Gasteiger partial charge is 0.308 e. The Balaban J connectivity index is 1.66. The van der Waals surface area contributed by atoms with Gasteiger partial charge in [0.1, 0.15) is 5.01 Å². The van der Waals surface area contributed by atoms with Crippen LogP contribution >= 0.6 is 11.3 Å². The van der Waals surface area contributed by atoms with E-state index in [-0.39, 0.29) is 11.9 Å². The van der Waals surface area contributed by atoms with Gasteiger partial charge in [-0.15, -0.1) is 10.2 Å². The molecule has 0 saturated carbocycles. The Morgan fingerprint density at radius 2 is 1.76 bits per heavy atom. The van der Waals surface area contributed by atoms with Gasteiger partial charge in [0, 0.05) is 11.6 Å². The molecule has 3 rings (SSSR count). The minimum Gasteiger partial charge on any atom is -0.308 e. The van der Waals surface area contributed by atoms with E-state index >= 15 is 0 Å².